The van der Waals surface area contributed by atoms with Crippen molar-refractivity contribution >= 4 is 11.0 Å². The average Bonchev–Trinajstić information content (AvgIpc) is 3.43. The van der Waals surface area contributed by atoms with Crippen LogP contribution in [-0.4, -0.2) is 49.2 Å². The van der Waals surface area contributed by atoms with Gasteiger partial charge < -0.3 is 4.90 Å². The van der Waals surface area contributed by atoms with Gasteiger partial charge in [-0.2, -0.15) is 5.10 Å². The summed E-state index contributed by atoms with van der Waals surface area (Å²) >= 11 is 0. The Morgan fingerprint density at radius 2 is 1.78 bits per heavy atom. The summed E-state index contributed by atoms with van der Waals surface area (Å²) in [5, 5.41) is 7.46. The van der Waals surface area contributed by atoms with Crippen molar-refractivity contribution in [2.45, 2.75) is 45.6 Å². The number of aryl methyl sites for hydroxylation is 1. The van der Waals surface area contributed by atoms with Gasteiger partial charge in [0.15, 0.2) is 0 Å². The second kappa shape index (κ2) is 9.87. The monoisotopic (exact) mass is 488 g/mol. The number of H-pyrrole nitrogens is 1. The summed E-state index contributed by atoms with van der Waals surface area (Å²) in [5.74, 6) is 0.608. The second-order valence-corrected chi connectivity index (χ2v) is 10.3. The van der Waals surface area contributed by atoms with E-state index in [9.17, 15) is 0 Å². The van der Waals surface area contributed by atoms with Gasteiger partial charge in [0.1, 0.15) is 5.69 Å². The van der Waals surface area contributed by atoms with Crippen LogP contribution in [0.4, 0.5) is 0 Å². The Kier molecular flexibility index (Phi) is 6.26. The number of benzene rings is 1. The third-order valence-electron chi connectivity index (χ3n) is 7.48. The first kappa shape index (κ1) is 23.5. The molecule has 0 spiro atoms. The number of nitrogens with one attached hydrogen (secondary N) is 1. The maximum absolute atomic E-state index is 4.97. The number of piperidine rings is 1. The molecule has 6 heteroatoms. The fraction of sp³-hybridized carbons (Fsp3) is 0.290. The van der Waals surface area contributed by atoms with E-state index in [0.29, 0.717) is 12.0 Å². The number of aromatic nitrogens is 5. The van der Waals surface area contributed by atoms with E-state index in [2.05, 4.69) is 64.3 Å². The van der Waals surface area contributed by atoms with Gasteiger partial charge in [-0.05, 0) is 87.5 Å². The SMILES string of the molecule is Cc1cccc(-c2n[nH]cc2-c2ccc3ncc(-c4ccc(C5CCCN(C(C)C)C5)cc4)cc3n2)n1. The molecule has 0 amide bonds. The molecule has 1 unspecified atom stereocenters. The van der Waals surface area contributed by atoms with E-state index in [-0.39, 0.29) is 0 Å². The van der Waals surface area contributed by atoms with Crippen molar-refractivity contribution in [1.82, 2.24) is 30.0 Å². The summed E-state index contributed by atoms with van der Waals surface area (Å²) in [7, 11) is 0. The number of pyridine rings is 3. The van der Waals surface area contributed by atoms with Crippen LogP contribution < -0.4 is 0 Å². The molecule has 0 radical (unpaired) electrons. The van der Waals surface area contributed by atoms with Crippen LogP contribution in [-0.2, 0) is 0 Å². The lowest BCUT2D eigenvalue weighted by molar-refractivity contribution is 0.167. The topological polar surface area (TPSA) is 70.6 Å². The van der Waals surface area contributed by atoms with Crippen molar-refractivity contribution in [3.63, 3.8) is 0 Å². The van der Waals surface area contributed by atoms with Gasteiger partial charge in [-0.15, -0.1) is 0 Å². The molecule has 1 atom stereocenters. The standard InChI is InChI=1S/C31H32N6/c1-20(2)37-15-5-7-24(19-37)22-9-11-23(12-10-22)25-16-30-28(32-17-25)14-13-27(35-30)26-18-33-36-31(26)29-8-4-6-21(3)34-29/h4,6,8-14,16-18,20,24H,5,7,15,19H2,1-3H3,(H,33,36). The lowest BCUT2D eigenvalue weighted by atomic mass is 9.89. The normalized spacial score (nSPS) is 16.5. The highest BCUT2D eigenvalue weighted by molar-refractivity contribution is 5.85. The van der Waals surface area contributed by atoms with Crippen LogP contribution in [0.15, 0.2) is 73.1 Å². The van der Waals surface area contributed by atoms with Gasteiger partial charge in [-0.25, -0.2) is 4.98 Å². The molecule has 4 aromatic heterocycles. The van der Waals surface area contributed by atoms with E-state index < -0.39 is 0 Å². The summed E-state index contributed by atoms with van der Waals surface area (Å²) in [6, 6.07) is 21.8. The van der Waals surface area contributed by atoms with E-state index >= 15 is 0 Å². The van der Waals surface area contributed by atoms with Crippen LogP contribution in [0, 0.1) is 6.92 Å². The minimum Gasteiger partial charge on any atom is -0.300 e. The fourth-order valence-corrected chi connectivity index (χ4v) is 5.37. The molecule has 186 valence electrons. The minimum absolute atomic E-state index is 0.606. The summed E-state index contributed by atoms with van der Waals surface area (Å²) in [4.78, 5) is 16.9. The van der Waals surface area contributed by atoms with Gasteiger partial charge in [-0.1, -0.05) is 30.3 Å². The molecule has 37 heavy (non-hydrogen) atoms. The zero-order chi connectivity index (χ0) is 25.4. The minimum atomic E-state index is 0.606. The Balaban J connectivity index is 1.29. The average molecular weight is 489 g/mol. The summed E-state index contributed by atoms with van der Waals surface area (Å²) < 4.78 is 0. The predicted octanol–water partition coefficient (Wildman–Crippen LogP) is 6.65. The molecule has 1 aromatic carbocycles. The van der Waals surface area contributed by atoms with E-state index in [1.165, 1.54) is 24.9 Å². The van der Waals surface area contributed by atoms with Crippen molar-refractivity contribution < 1.29 is 0 Å². The second-order valence-electron chi connectivity index (χ2n) is 10.3. The van der Waals surface area contributed by atoms with Gasteiger partial charge in [0, 0.05) is 41.8 Å². The first-order valence-corrected chi connectivity index (χ1v) is 13.1. The molecule has 1 aliphatic heterocycles. The largest absolute Gasteiger partial charge is 0.300 e. The summed E-state index contributed by atoms with van der Waals surface area (Å²) in [6.45, 7) is 8.94. The molecular weight excluding hydrogens is 456 g/mol. The number of hydrogen-bond acceptors (Lipinski definition) is 5. The first-order valence-electron chi connectivity index (χ1n) is 13.1. The quantitative estimate of drug-likeness (QED) is 0.300. The summed E-state index contributed by atoms with van der Waals surface area (Å²) in [6.07, 6.45) is 6.36. The number of fused-ring (bicyclic) bond motifs is 1. The van der Waals surface area contributed by atoms with Crippen molar-refractivity contribution in [2.24, 2.45) is 0 Å². The Labute approximate surface area is 217 Å². The molecule has 0 bridgehead atoms. The zero-order valence-electron chi connectivity index (χ0n) is 21.6. The van der Waals surface area contributed by atoms with Crippen molar-refractivity contribution in [3.8, 4) is 33.8 Å². The smallest absolute Gasteiger partial charge is 0.120 e. The number of aromatic amines is 1. The molecule has 6 nitrogen and oxygen atoms in total. The third-order valence-corrected chi connectivity index (χ3v) is 7.48. The van der Waals surface area contributed by atoms with Crippen LogP contribution in [0.25, 0.3) is 44.8 Å². The first-order chi connectivity index (χ1) is 18.0. The number of likely N-dealkylation sites (tertiary alicyclic amines) is 1. The molecule has 0 saturated carbocycles. The Bertz CT molecular complexity index is 1540. The molecule has 1 aliphatic rings. The lowest BCUT2D eigenvalue weighted by Crippen LogP contribution is -2.39. The van der Waals surface area contributed by atoms with E-state index in [1.807, 2.05) is 49.6 Å². The number of hydrogen-bond donors (Lipinski definition) is 1. The van der Waals surface area contributed by atoms with Crippen LogP contribution in [0.3, 0.4) is 0 Å². The molecule has 0 aliphatic carbocycles. The Morgan fingerprint density at radius 1 is 0.919 bits per heavy atom. The molecule has 1 fully saturated rings. The highest BCUT2D eigenvalue weighted by Gasteiger charge is 2.23. The van der Waals surface area contributed by atoms with Crippen molar-refractivity contribution in [1.29, 1.82) is 0 Å². The number of nitrogens with zero attached hydrogens (tertiary/aromatic N) is 5. The highest BCUT2D eigenvalue weighted by atomic mass is 15.2. The predicted molar refractivity (Wildman–Crippen MR) is 149 cm³/mol. The zero-order valence-corrected chi connectivity index (χ0v) is 21.6. The van der Waals surface area contributed by atoms with Gasteiger partial charge in [0.25, 0.3) is 0 Å². The van der Waals surface area contributed by atoms with Gasteiger partial charge in [0.05, 0.1) is 22.4 Å². The van der Waals surface area contributed by atoms with Crippen LogP contribution in [0.5, 0.6) is 0 Å². The molecule has 6 rings (SSSR count). The van der Waals surface area contributed by atoms with Crippen LogP contribution in [0.2, 0.25) is 0 Å². The van der Waals surface area contributed by atoms with Crippen molar-refractivity contribution in [3.05, 3.63) is 84.3 Å². The van der Waals surface area contributed by atoms with Gasteiger partial charge in [-0.3, -0.25) is 15.1 Å². The fourth-order valence-electron chi connectivity index (χ4n) is 5.37. The summed E-state index contributed by atoms with van der Waals surface area (Å²) in [5.41, 5.74) is 9.77. The molecular formula is C31H32N6. The van der Waals surface area contributed by atoms with E-state index in [0.717, 1.165) is 57.0 Å². The maximum Gasteiger partial charge on any atom is 0.120 e. The molecule has 1 N–H and O–H groups in total. The van der Waals surface area contributed by atoms with Crippen LogP contribution >= 0.6 is 0 Å². The lowest BCUT2D eigenvalue weighted by Gasteiger charge is -2.35. The Morgan fingerprint density at radius 3 is 2.59 bits per heavy atom. The third kappa shape index (κ3) is 4.77. The van der Waals surface area contributed by atoms with E-state index in [1.54, 1.807) is 0 Å². The van der Waals surface area contributed by atoms with Gasteiger partial charge in [0.2, 0.25) is 0 Å². The molecule has 5 heterocycles. The Hall–Kier alpha value is -3.90. The molecule has 1 saturated heterocycles. The van der Waals surface area contributed by atoms with Crippen LogP contribution in [0.1, 0.15) is 43.9 Å². The maximum atomic E-state index is 4.97. The highest BCUT2D eigenvalue weighted by Crippen LogP contribution is 2.32. The van der Waals surface area contributed by atoms with Gasteiger partial charge >= 0.3 is 0 Å². The van der Waals surface area contributed by atoms with Crippen molar-refractivity contribution in [2.75, 3.05) is 13.1 Å². The number of rotatable bonds is 5. The van der Waals surface area contributed by atoms with E-state index in [4.69, 9.17) is 9.97 Å². The molecule has 5 aromatic rings.